The van der Waals surface area contributed by atoms with Gasteiger partial charge in [-0.25, -0.2) is 17.9 Å². The Kier molecular flexibility index (Phi) is 4.49. The molecule has 1 aliphatic carbocycles. The molecule has 1 saturated carbocycles. The SMILES string of the molecule is Cc1ccc(S(=O)(=O)NC(=O)N2CCN(C(=O)C3CC3)CC2)cc1. The van der Waals surface area contributed by atoms with Crippen LogP contribution in [0.1, 0.15) is 18.4 Å². The van der Waals surface area contributed by atoms with Crippen LogP contribution in [0.4, 0.5) is 4.79 Å². The zero-order valence-electron chi connectivity index (χ0n) is 13.6. The number of urea groups is 1. The maximum Gasteiger partial charge on any atom is 0.331 e. The van der Waals surface area contributed by atoms with Crippen molar-refractivity contribution in [1.29, 1.82) is 0 Å². The second-order valence-electron chi connectivity index (χ2n) is 6.31. The van der Waals surface area contributed by atoms with Gasteiger partial charge in [0.05, 0.1) is 4.90 Å². The monoisotopic (exact) mass is 351 g/mol. The van der Waals surface area contributed by atoms with Crippen molar-refractivity contribution in [2.75, 3.05) is 26.2 Å². The van der Waals surface area contributed by atoms with E-state index in [1.165, 1.54) is 17.0 Å². The Morgan fingerprint density at radius 1 is 1.00 bits per heavy atom. The first kappa shape index (κ1) is 16.8. The minimum Gasteiger partial charge on any atom is -0.339 e. The highest BCUT2D eigenvalue weighted by Crippen LogP contribution is 2.31. The van der Waals surface area contributed by atoms with Crippen LogP contribution < -0.4 is 4.72 Å². The van der Waals surface area contributed by atoms with Crippen LogP contribution in [0, 0.1) is 12.8 Å². The molecule has 3 rings (SSSR count). The summed E-state index contributed by atoms with van der Waals surface area (Å²) in [6.07, 6.45) is 1.91. The zero-order valence-corrected chi connectivity index (χ0v) is 14.4. The molecule has 2 fully saturated rings. The Balaban J connectivity index is 1.57. The number of benzene rings is 1. The fourth-order valence-corrected chi connectivity index (χ4v) is 3.65. The topological polar surface area (TPSA) is 86.8 Å². The molecule has 1 aromatic rings. The number of rotatable bonds is 3. The highest BCUT2D eigenvalue weighted by atomic mass is 32.2. The number of sulfonamides is 1. The highest BCUT2D eigenvalue weighted by molar-refractivity contribution is 7.90. The van der Waals surface area contributed by atoms with Gasteiger partial charge in [-0.3, -0.25) is 4.79 Å². The smallest absolute Gasteiger partial charge is 0.331 e. The molecular formula is C16H21N3O4S. The summed E-state index contributed by atoms with van der Waals surface area (Å²) in [5, 5.41) is 0. The van der Waals surface area contributed by atoms with Crippen LogP contribution in [0.25, 0.3) is 0 Å². The summed E-state index contributed by atoms with van der Waals surface area (Å²) in [7, 11) is -3.88. The van der Waals surface area contributed by atoms with Crippen molar-refractivity contribution < 1.29 is 18.0 Å². The quantitative estimate of drug-likeness (QED) is 0.878. The molecule has 1 aliphatic heterocycles. The fraction of sp³-hybridized carbons (Fsp3) is 0.500. The number of nitrogens with one attached hydrogen (secondary N) is 1. The first-order valence-electron chi connectivity index (χ1n) is 8.04. The zero-order chi connectivity index (χ0) is 17.3. The standard InChI is InChI=1S/C16H21N3O4S/c1-12-2-6-14(7-3-12)24(22,23)17-16(21)19-10-8-18(9-11-19)15(20)13-4-5-13/h2-3,6-7,13H,4-5,8-11H2,1H3,(H,17,21). The highest BCUT2D eigenvalue weighted by Gasteiger charge is 2.35. The van der Waals surface area contributed by atoms with Crippen molar-refractivity contribution in [1.82, 2.24) is 14.5 Å². The molecule has 0 atom stereocenters. The molecular weight excluding hydrogens is 330 g/mol. The van der Waals surface area contributed by atoms with Crippen LogP contribution >= 0.6 is 0 Å². The number of amides is 3. The van der Waals surface area contributed by atoms with Crippen LogP contribution in [0.15, 0.2) is 29.2 Å². The van der Waals surface area contributed by atoms with E-state index in [-0.39, 0.29) is 16.7 Å². The number of hydrogen-bond donors (Lipinski definition) is 1. The predicted molar refractivity (Wildman–Crippen MR) is 87.8 cm³/mol. The average Bonchev–Trinajstić information content (AvgIpc) is 3.39. The summed E-state index contributed by atoms with van der Waals surface area (Å²) in [5.74, 6) is 0.314. The number of hydrogen-bond acceptors (Lipinski definition) is 4. The van der Waals surface area contributed by atoms with Gasteiger partial charge in [0.25, 0.3) is 10.0 Å². The Morgan fingerprint density at radius 2 is 1.54 bits per heavy atom. The maximum atomic E-state index is 12.2. The Labute approximate surface area is 141 Å². The lowest BCUT2D eigenvalue weighted by Crippen LogP contribution is -2.54. The summed E-state index contributed by atoms with van der Waals surface area (Å²) in [5.41, 5.74) is 0.941. The lowest BCUT2D eigenvalue weighted by molar-refractivity contribution is -0.133. The molecule has 1 N–H and O–H groups in total. The molecule has 1 heterocycles. The first-order chi connectivity index (χ1) is 11.4. The molecule has 0 bridgehead atoms. The molecule has 7 nitrogen and oxygen atoms in total. The molecule has 2 aliphatic rings. The van der Waals surface area contributed by atoms with Gasteiger partial charge in [-0.05, 0) is 31.9 Å². The molecule has 0 unspecified atom stereocenters. The molecule has 8 heteroatoms. The summed E-state index contributed by atoms with van der Waals surface area (Å²) >= 11 is 0. The molecule has 0 radical (unpaired) electrons. The lowest BCUT2D eigenvalue weighted by Gasteiger charge is -2.34. The van der Waals surface area contributed by atoms with Crippen molar-refractivity contribution >= 4 is 22.0 Å². The Bertz CT molecular complexity index is 733. The molecule has 1 aromatic carbocycles. The van der Waals surface area contributed by atoms with E-state index in [2.05, 4.69) is 4.72 Å². The van der Waals surface area contributed by atoms with Crippen LogP contribution in [-0.4, -0.2) is 56.3 Å². The second kappa shape index (κ2) is 6.43. The minimum atomic E-state index is -3.88. The summed E-state index contributed by atoms with van der Waals surface area (Å²) in [6, 6.07) is 5.66. The third-order valence-corrected chi connectivity index (χ3v) is 5.69. The normalized spacial score (nSPS) is 18.4. The number of aryl methyl sites for hydroxylation is 1. The van der Waals surface area contributed by atoms with Gasteiger partial charge in [-0.2, -0.15) is 0 Å². The van der Waals surface area contributed by atoms with Crippen molar-refractivity contribution in [3.8, 4) is 0 Å². The van der Waals surface area contributed by atoms with Crippen molar-refractivity contribution in [2.24, 2.45) is 5.92 Å². The minimum absolute atomic E-state index is 0.0593. The maximum absolute atomic E-state index is 12.2. The second-order valence-corrected chi connectivity index (χ2v) is 7.99. The average molecular weight is 351 g/mol. The van der Waals surface area contributed by atoms with Gasteiger partial charge in [0.2, 0.25) is 5.91 Å². The van der Waals surface area contributed by atoms with E-state index in [4.69, 9.17) is 0 Å². The van der Waals surface area contributed by atoms with E-state index in [1.54, 1.807) is 17.0 Å². The Morgan fingerprint density at radius 3 is 2.08 bits per heavy atom. The third-order valence-electron chi connectivity index (χ3n) is 4.36. The fourth-order valence-electron chi connectivity index (χ4n) is 2.67. The number of carbonyl (C=O) groups excluding carboxylic acids is 2. The van der Waals surface area contributed by atoms with Gasteiger partial charge in [0, 0.05) is 32.1 Å². The summed E-state index contributed by atoms with van der Waals surface area (Å²) in [6.45, 7) is 3.44. The lowest BCUT2D eigenvalue weighted by atomic mass is 10.2. The van der Waals surface area contributed by atoms with E-state index in [0.29, 0.717) is 26.2 Å². The van der Waals surface area contributed by atoms with E-state index in [0.717, 1.165) is 18.4 Å². The van der Waals surface area contributed by atoms with Gasteiger partial charge in [0.15, 0.2) is 0 Å². The first-order valence-corrected chi connectivity index (χ1v) is 9.52. The summed E-state index contributed by atoms with van der Waals surface area (Å²) in [4.78, 5) is 27.5. The largest absolute Gasteiger partial charge is 0.339 e. The van der Waals surface area contributed by atoms with E-state index in [9.17, 15) is 18.0 Å². The van der Waals surface area contributed by atoms with E-state index >= 15 is 0 Å². The van der Waals surface area contributed by atoms with Crippen LogP contribution in [0.2, 0.25) is 0 Å². The van der Waals surface area contributed by atoms with E-state index in [1.807, 2.05) is 6.92 Å². The van der Waals surface area contributed by atoms with Crippen LogP contribution in [0.3, 0.4) is 0 Å². The molecule has 3 amide bonds. The number of piperazine rings is 1. The molecule has 130 valence electrons. The van der Waals surface area contributed by atoms with Crippen LogP contribution in [0.5, 0.6) is 0 Å². The van der Waals surface area contributed by atoms with Crippen molar-refractivity contribution in [3.63, 3.8) is 0 Å². The third kappa shape index (κ3) is 3.69. The van der Waals surface area contributed by atoms with Gasteiger partial charge in [-0.15, -0.1) is 0 Å². The number of nitrogens with zero attached hydrogens (tertiary/aromatic N) is 2. The molecule has 0 spiro atoms. The van der Waals surface area contributed by atoms with Gasteiger partial charge in [0.1, 0.15) is 0 Å². The van der Waals surface area contributed by atoms with Gasteiger partial charge in [-0.1, -0.05) is 17.7 Å². The predicted octanol–water partition coefficient (Wildman–Crippen LogP) is 0.948. The number of carbonyl (C=O) groups is 2. The van der Waals surface area contributed by atoms with Crippen molar-refractivity contribution in [2.45, 2.75) is 24.7 Å². The molecule has 24 heavy (non-hydrogen) atoms. The van der Waals surface area contributed by atoms with Gasteiger partial charge < -0.3 is 9.80 Å². The van der Waals surface area contributed by atoms with E-state index < -0.39 is 16.1 Å². The molecule has 1 saturated heterocycles. The molecule has 0 aromatic heterocycles. The summed E-state index contributed by atoms with van der Waals surface area (Å²) < 4.78 is 26.6. The van der Waals surface area contributed by atoms with Gasteiger partial charge >= 0.3 is 6.03 Å². The Hall–Kier alpha value is -2.09. The van der Waals surface area contributed by atoms with Crippen LogP contribution in [-0.2, 0) is 14.8 Å². The van der Waals surface area contributed by atoms with Crippen molar-refractivity contribution in [3.05, 3.63) is 29.8 Å².